The molecule has 1 aliphatic heterocycles. The molecule has 2 N–H and O–H groups in total. The number of anilines is 1. The van der Waals surface area contributed by atoms with E-state index in [1.54, 1.807) is 16.8 Å². The molecule has 37 heavy (non-hydrogen) atoms. The first-order valence-corrected chi connectivity index (χ1v) is 12.7. The standard InChI is InChI=1S/C29H32N6O2/c1-5-24(36)34-16-22(15-18(34)2)35-23(14-13-20-11-12-20)25(26-27(30)31-17-32-28(26)35)29(37)33(4)19(3)21-9-7-6-8-10-21/h5-10,17-20,22H,1,11-12,15-16H2,2-4H3,(H2,30,31,32)/t18-,19+,22+/m0/s1. The van der Waals surface area contributed by atoms with Crippen molar-refractivity contribution in [2.45, 2.75) is 51.2 Å². The molecule has 2 aromatic heterocycles. The summed E-state index contributed by atoms with van der Waals surface area (Å²) in [5, 5.41) is 0.515. The second-order valence-electron chi connectivity index (χ2n) is 10.0. The van der Waals surface area contributed by atoms with Crippen molar-refractivity contribution in [2.24, 2.45) is 5.92 Å². The summed E-state index contributed by atoms with van der Waals surface area (Å²) in [4.78, 5) is 39.0. The van der Waals surface area contributed by atoms with Crippen LogP contribution in [0.25, 0.3) is 11.0 Å². The van der Waals surface area contributed by atoms with Crippen LogP contribution < -0.4 is 5.73 Å². The van der Waals surface area contributed by atoms with E-state index in [0.29, 0.717) is 41.2 Å². The average Bonchev–Trinajstić information content (AvgIpc) is 3.58. The Bertz CT molecular complexity index is 1430. The van der Waals surface area contributed by atoms with Gasteiger partial charge in [0.2, 0.25) is 5.91 Å². The molecular weight excluding hydrogens is 464 g/mol. The van der Waals surface area contributed by atoms with Crippen molar-refractivity contribution in [3.8, 4) is 11.8 Å². The molecule has 2 aliphatic rings. The van der Waals surface area contributed by atoms with E-state index >= 15 is 0 Å². The molecule has 0 radical (unpaired) electrons. The summed E-state index contributed by atoms with van der Waals surface area (Å²) in [5.41, 5.74) is 9.01. The van der Waals surface area contributed by atoms with Crippen molar-refractivity contribution in [1.29, 1.82) is 0 Å². The van der Waals surface area contributed by atoms with Gasteiger partial charge in [-0.25, -0.2) is 9.97 Å². The molecule has 0 spiro atoms. The zero-order valence-corrected chi connectivity index (χ0v) is 21.5. The van der Waals surface area contributed by atoms with Gasteiger partial charge < -0.3 is 20.1 Å². The van der Waals surface area contributed by atoms with E-state index in [0.717, 1.165) is 18.4 Å². The van der Waals surface area contributed by atoms with Crippen LogP contribution in [0.3, 0.4) is 0 Å². The molecule has 3 atom stereocenters. The lowest BCUT2D eigenvalue weighted by Gasteiger charge is -2.25. The first-order valence-electron chi connectivity index (χ1n) is 12.7. The van der Waals surface area contributed by atoms with Crippen molar-refractivity contribution in [3.05, 3.63) is 66.1 Å². The highest BCUT2D eigenvalue weighted by atomic mass is 16.2. The number of amides is 2. The van der Waals surface area contributed by atoms with E-state index in [9.17, 15) is 9.59 Å². The van der Waals surface area contributed by atoms with E-state index in [1.165, 1.54) is 12.4 Å². The van der Waals surface area contributed by atoms with Crippen LogP contribution in [-0.2, 0) is 4.79 Å². The van der Waals surface area contributed by atoms with Crippen LogP contribution in [-0.4, -0.2) is 55.8 Å². The van der Waals surface area contributed by atoms with E-state index in [-0.39, 0.29) is 35.8 Å². The Morgan fingerprint density at radius 2 is 1.97 bits per heavy atom. The molecule has 5 rings (SSSR count). The van der Waals surface area contributed by atoms with Crippen LogP contribution >= 0.6 is 0 Å². The van der Waals surface area contributed by atoms with Crippen LogP contribution in [0.15, 0.2) is 49.3 Å². The van der Waals surface area contributed by atoms with Gasteiger partial charge in [-0.1, -0.05) is 42.8 Å². The van der Waals surface area contributed by atoms with Crippen LogP contribution in [0.5, 0.6) is 0 Å². The minimum Gasteiger partial charge on any atom is -0.383 e. The number of aromatic nitrogens is 3. The number of hydrogen-bond acceptors (Lipinski definition) is 5. The Labute approximate surface area is 217 Å². The molecule has 2 fully saturated rings. The SMILES string of the molecule is C=CC(=O)N1C[C@H](n2c(C#CC3CC3)c(C(=O)N(C)[C@H](C)c3ccccc3)c3c(N)ncnc32)C[C@@H]1C. The summed E-state index contributed by atoms with van der Waals surface area (Å²) in [7, 11) is 1.80. The van der Waals surface area contributed by atoms with Gasteiger partial charge in [0.1, 0.15) is 23.5 Å². The highest BCUT2D eigenvalue weighted by molar-refractivity contribution is 6.11. The predicted molar refractivity (Wildman–Crippen MR) is 144 cm³/mol. The summed E-state index contributed by atoms with van der Waals surface area (Å²) in [5.74, 6) is 6.96. The minimum atomic E-state index is -0.188. The monoisotopic (exact) mass is 496 g/mol. The number of rotatable bonds is 5. The van der Waals surface area contributed by atoms with E-state index in [4.69, 9.17) is 5.73 Å². The Balaban J connectivity index is 1.67. The Morgan fingerprint density at radius 3 is 2.65 bits per heavy atom. The Kier molecular flexibility index (Phi) is 6.46. The van der Waals surface area contributed by atoms with Gasteiger partial charge in [0, 0.05) is 25.6 Å². The van der Waals surface area contributed by atoms with Crippen molar-refractivity contribution >= 4 is 28.7 Å². The van der Waals surface area contributed by atoms with Crippen molar-refractivity contribution in [1.82, 2.24) is 24.3 Å². The second kappa shape index (κ2) is 9.74. The lowest BCUT2D eigenvalue weighted by Crippen LogP contribution is -2.32. The van der Waals surface area contributed by atoms with Gasteiger partial charge in [0.25, 0.3) is 5.91 Å². The maximum absolute atomic E-state index is 14.2. The fraction of sp³-hybridized carbons (Fsp3) is 0.379. The van der Waals surface area contributed by atoms with Crippen molar-refractivity contribution in [3.63, 3.8) is 0 Å². The van der Waals surface area contributed by atoms with Crippen LogP contribution in [0.1, 0.15) is 66.8 Å². The smallest absolute Gasteiger partial charge is 0.257 e. The van der Waals surface area contributed by atoms with Gasteiger partial charge in [-0.3, -0.25) is 9.59 Å². The molecule has 2 amide bonds. The van der Waals surface area contributed by atoms with Crippen molar-refractivity contribution in [2.75, 3.05) is 19.3 Å². The topological polar surface area (TPSA) is 97.4 Å². The highest BCUT2D eigenvalue weighted by Crippen LogP contribution is 2.38. The molecule has 8 heteroatoms. The molecular formula is C29H32N6O2. The Morgan fingerprint density at radius 1 is 1.24 bits per heavy atom. The van der Waals surface area contributed by atoms with E-state index < -0.39 is 0 Å². The molecule has 0 bridgehead atoms. The van der Waals surface area contributed by atoms with Gasteiger partial charge >= 0.3 is 0 Å². The fourth-order valence-corrected chi connectivity index (χ4v) is 5.16. The largest absolute Gasteiger partial charge is 0.383 e. The zero-order valence-electron chi connectivity index (χ0n) is 21.5. The molecule has 8 nitrogen and oxygen atoms in total. The lowest BCUT2D eigenvalue weighted by molar-refractivity contribution is -0.126. The van der Waals surface area contributed by atoms with Gasteiger partial charge in [-0.05, 0) is 50.7 Å². The zero-order chi connectivity index (χ0) is 26.3. The average molecular weight is 497 g/mol. The highest BCUT2D eigenvalue weighted by Gasteiger charge is 2.37. The maximum atomic E-state index is 14.2. The molecule has 3 aromatic rings. The first-order chi connectivity index (χ1) is 17.8. The van der Waals surface area contributed by atoms with Gasteiger partial charge in [-0.15, -0.1) is 0 Å². The number of nitrogens with zero attached hydrogens (tertiary/aromatic N) is 5. The molecule has 1 saturated heterocycles. The molecule has 1 saturated carbocycles. The third kappa shape index (κ3) is 4.46. The number of likely N-dealkylation sites (tertiary alicyclic amines) is 1. The number of carbonyl (C=O) groups excluding carboxylic acids is 2. The minimum absolute atomic E-state index is 0.0105. The summed E-state index contributed by atoms with van der Waals surface area (Å²) in [6.07, 6.45) is 5.59. The number of fused-ring (bicyclic) bond motifs is 1. The molecule has 0 unspecified atom stereocenters. The van der Waals surface area contributed by atoms with Crippen LogP contribution in [0, 0.1) is 17.8 Å². The van der Waals surface area contributed by atoms with Crippen LogP contribution in [0.2, 0.25) is 0 Å². The molecule has 190 valence electrons. The number of nitrogens with two attached hydrogens (primary N) is 1. The molecule has 1 aromatic carbocycles. The number of benzene rings is 1. The lowest BCUT2D eigenvalue weighted by atomic mass is 10.1. The van der Waals surface area contributed by atoms with Crippen molar-refractivity contribution < 1.29 is 9.59 Å². The third-order valence-electron chi connectivity index (χ3n) is 7.56. The number of nitrogen functional groups attached to an aromatic ring is 1. The summed E-state index contributed by atoms with van der Waals surface area (Å²) < 4.78 is 2.02. The quantitative estimate of drug-likeness (QED) is 0.426. The van der Waals surface area contributed by atoms with E-state index in [2.05, 4.69) is 28.4 Å². The number of carbonyl (C=O) groups is 2. The third-order valence-corrected chi connectivity index (χ3v) is 7.56. The second-order valence-corrected chi connectivity index (χ2v) is 10.0. The Hall–Kier alpha value is -4.12. The first kappa shape index (κ1) is 24.6. The summed E-state index contributed by atoms with van der Waals surface area (Å²) in [6.45, 7) is 8.15. The fourth-order valence-electron chi connectivity index (χ4n) is 5.16. The summed E-state index contributed by atoms with van der Waals surface area (Å²) in [6, 6.07) is 9.63. The summed E-state index contributed by atoms with van der Waals surface area (Å²) >= 11 is 0. The van der Waals surface area contributed by atoms with E-state index in [1.807, 2.05) is 48.7 Å². The molecule has 3 heterocycles. The van der Waals surface area contributed by atoms with Gasteiger partial charge in [0.05, 0.1) is 23.0 Å². The maximum Gasteiger partial charge on any atom is 0.257 e. The number of hydrogen-bond donors (Lipinski definition) is 1. The molecule has 1 aliphatic carbocycles. The predicted octanol–water partition coefficient (Wildman–Crippen LogP) is 3.96. The van der Waals surface area contributed by atoms with Gasteiger partial charge in [-0.2, -0.15) is 0 Å². The van der Waals surface area contributed by atoms with Crippen LogP contribution in [0.4, 0.5) is 5.82 Å². The normalized spacial score (nSPS) is 19.8. The van der Waals surface area contributed by atoms with Gasteiger partial charge in [0.15, 0.2) is 0 Å².